The molecule has 2 saturated heterocycles. The van der Waals surface area contributed by atoms with Gasteiger partial charge in [0.25, 0.3) is 0 Å². The van der Waals surface area contributed by atoms with E-state index in [2.05, 4.69) is 9.97 Å². The van der Waals surface area contributed by atoms with Gasteiger partial charge in [0.2, 0.25) is 11.8 Å². The highest BCUT2D eigenvalue weighted by Gasteiger charge is 2.33. The maximum Gasteiger partial charge on any atom is 0.242 e. The summed E-state index contributed by atoms with van der Waals surface area (Å²) in [5.74, 6) is 1.00. The normalized spacial score (nSPS) is 20.0. The zero-order valence-electron chi connectivity index (χ0n) is 17.3. The SMILES string of the molecule is O=C(CN1CC(c2ccccc2)CC1=O)N1CCC(c2nc3ccc(F)cc3[nH]2)CC1. The lowest BCUT2D eigenvalue weighted by Gasteiger charge is -2.32. The molecule has 3 heterocycles. The van der Waals surface area contributed by atoms with Crippen LogP contribution in [-0.4, -0.2) is 57.8 Å². The Morgan fingerprint density at radius 1 is 1.10 bits per heavy atom. The standard InChI is InChI=1S/C24H25FN4O2/c25-19-6-7-20-21(13-19)27-24(26-20)17-8-10-28(11-9-17)23(31)15-29-14-18(12-22(29)30)16-4-2-1-3-5-16/h1-7,13,17-18H,8-12,14-15H2,(H,26,27). The molecule has 0 radical (unpaired) electrons. The molecule has 0 aliphatic carbocycles. The quantitative estimate of drug-likeness (QED) is 0.703. The number of aromatic amines is 1. The second kappa shape index (κ2) is 8.13. The predicted molar refractivity (Wildman–Crippen MR) is 115 cm³/mol. The van der Waals surface area contributed by atoms with Gasteiger partial charge in [-0.1, -0.05) is 30.3 Å². The van der Waals surface area contributed by atoms with Crippen LogP contribution in [0.3, 0.4) is 0 Å². The van der Waals surface area contributed by atoms with Gasteiger partial charge in [0.1, 0.15) is 11.6 Å². The lowest BCUT2D eigenvalue weighted by molar-refractivity contribution is -0.139. The Kier molecular flexibility index (Phi) is 5.18. The lowest BCUT2D eigenvalue weighted by Crippen LogP contribution is -2.44. The van der Waals surface area contributed by atoms with E-state index >= 15 is 0 Å². The van der Waals surface area contributed by atoms with E-state index in [1.165, 1.54) is 12.1 Å². The smallest absolute Gasteiger partial charge is 0.242 e. The van der Waals surface area contributed by atoms with E-state index in [0.29, 0.717) is 31.6 Å². The third-order valence-corrected chi connectivity index (χ3v) is 6.51. The van der Waals surface area contributed by atoms with Gasteiger partial charge in [0.05, 0.1) is 17.6 Å². The number of likely N-dealkylation sites (tertiary alicyclic amines) is 2. The summed E-state index contributed by atoms with van der Waals surface area (Å²) in [6.45, 7) is 2.02. The Morgan fingerprint density at radius 2 is 1.87 bits per heavy atom. The number of piperidine rings is 1. The van der Waals surface area contributed by atoms with Crippen molar-refractivity contribution in [2.45, 2.75) is 31.1 Å². The summed E-state index contributed by atoms with van der Waals surface area (Å²) < 4.78 is 13.4. The highest BCUT2D eigenvalue weighted by molar-refractivity contribution is 5.86. The number of nitrogens with one attached hydrogen (secondary N) is 1. The van der Waals surface area contributed by atoms with Gasteiger partial charge in [-0.05, 0) is 36.6 Å². The van der Waals surface area contributed by atoms with Gasteiger partial charge in [-0.25, -0.2) is 9.37 Å². The maximum absolute atomic E-state index is 13.4. The molecule has 2 amide bonds. The van der Waals surface area contributed by atoms with Crippen LogP contribution in [0.1, 0.15) is 42.5 Å². The minimum absolute atomic E-state index is 0.00666. The molecular formula is C24H25FN4O2. The van der Waals surface area contributed by atoms with E-state index in [9.17, 15) is 14.0 Å². The Hall–Kier alpha value is -3.22. The Bertz CT molecular complexity index is 1110. The number of aromatic nitrogens is 2. The lowest BCUT2D eigenvalue weighted by atomic mass is 9.96. The molecule has 0 bridgehead atoms. The Balaban J connectivity index is 1.17. The fraction of sp³-hybridized carbons (Fsp3) is 0.375. The molecule has 2 aliphatic heterocycles. The number of hydrogen-bond acceptors (Lipinski definition) is 3. The molecular weight excluding hydrogens is 395 g/mol. The van der Waals surface area contributed by atoms with Gasteiger partial charge >= 0.3 is 0 Å². The molecule has 7 heteroatoms. The maximum atomic E-state index is 13.4. The zero-order valence-corrected chi connectivity index (χ0v) is 17.3. The van der Waals surface area contributed by atoms with Crippen LogP contribution in [0.5, 0.6) is 0 Å². The van der Waals surface area contributed by atoms with Crippen LogP contribution < -0.4 is 0 Å². The van der Waals surface area contributed by atoms with Crippen LogP contribution in [0, 0.1) is 5.82 Å². The summed E-state index contributed by atoms with van der Waals surface area (Å²) in [5, 5.41) is 0. The molecule has 1 N–H and O–H groups in total. The first kappa shape index (κ1) is 19.7. The molecule has 2 fully saturated rings. The van der Waals surface area contributed by atoms with E-state index in [1.54, 1.807) is 11.0 Å². The van der Waals surface area contributed by atoms with E-state index in [0.717, 1.165) is 29.7 Å². The number of carbonyl (C=O) groups excluding carboxylic acids is 2. The molecule has 31 heavy (non-hydrogen) atoms. The summed E-state index contributed by atoms with van der Waals surface area (Å²) in [5.41, 5.74) is 2.61. The van der Waals surface area contributed by atoms with Crippen molar-refractivity contribution in [2.75, 3.05) is 26.2 Å². The number of imidazole rings is 1. The molecule has 1 unspecified atom stereocenters. The molecule has 0 spiro atoms. The van der Waals surface area contributed by atoms with Crippen molar-refractivity contribution >= 4 is 22.8 Å². The number of benzene rings is 2. The number of fused-ring (bicyclic) bond motifs is 1. The largest absolute Gasteiger partial charge is 0.342 e. The monoisotopic (exact) mass is 420 g/mol. The van der Waals surface area contributed by atoms with Crippen LogP contribution in [-0.2, 0) is 9.59 Å². The van der Waals surface area contributed by atoms with Gasteiger partial charge in [-0.15, -0.1) is 0 Å². The highest BCUT2D eigenvalue weighted by atomic mass is 19.1. The van der Waals surface area contributed by atoms with Crippen LogP contribution in [0.2, 0.25) is 0 Å². The van der Waals surface area contributed by atoms with Crippen LogP contribution in [0.25, 0.3) is 11.0 Å². The number of halogens is 1. The van der Waals surface area contributed by atoms with Crippen molar-refractivity contribution in [3.8, 4) is 0 Å². The Labute approximate surface area is 180 Å². The average Bonchev–Trinajstić information content (AvgIpc) is 3.37. The molecule has 3 aromatic rings. The van der Waals surface area contributed by atoms with Gasteiger partial charge in [-0.2, -0.15) is 0 Å². The second-order valence-electron chi connectivity index (χ2n) is 8.52. The van der Waals surface area contributed by atoms with Gasteiger partial charge in [-0.3, -0.25) is 9.59 Å². The first-order chi connectivity index (χ1) is 15.1. The van der Waals surface area contributed by atoms with Crippen LogP contribution >= 0.6 is 0 Å². The summed E-state index contributed by atoms with van der Waals surface area (Å²) >= 11 is 0. The molecule has 2 aliphatic rings. The van der Waals surface area contributed by atoms with E-state index < -0.39 is 0 Å². The number of hydrogen-bond donors (Lipinski definition) is 1. The van der Waals surface area contributed by atoms with Gasteiger partial charge < -0.3 is 14.8 Å². The Morgan fingerprint density at radius 3 is 2.65 bits per heavy atom. The first-order valence-corrected chi connectivity index (χ1v) is 10.8. The number of amides is 2. The molecule has 1 atom stereocenters. The summed E-state index contributed by atoms with van der Waals surface area (Å²) in [6, 6.07) is 14.6. The van der Waals surface area contributed by atoms with Crippen molar-refractivity contribution in [1.82, 2.24) is 19.8 Å². The molecule has 6 nitrogen and oxygen atoms in total. The molecule has 160 valence electrons. The van der Waals surface area contributed by atoms with Crippen molar-refractivity contribution in [1.29, 1.82) is 0 Å². The van der Waals surface area contributed by atoms with Crippen molar-refractivity contribution in [3.05, 3.63) is 65.7 Å². The highest BCUT2D eigenvalue weighted by Crippen LogP contribution is 2.30. The van der Waals surface area contributed by atoms with Gasteiger partial charge in [0, 0.05) is 37.9 Å². The van der Waals surface area contributed by atoms with Crippen molar-refractivity contribution in [3.63, 3.8) is 0 Å². The van der Waals surface area contributed by atoms with E-state index in [4.69, 9.17) is 0 Å². The average molecular weight is 420 g/mol. The third-order valence-electron chi connectivity index (χ3n) is 6.51. The van der Waals surface area contributed by atoms with E-state index in [-0.39, 0.29) is 36.0 Å². The molecule has 1 aromatic heterocycles. The van der Waals surface area contributed by atoms with Crippen molar-refractivity contribution in [2.24, 2.45) is 0 Å². The summed E-state index contributed by atoms with van der Waals surface area (Å²) in [4.78, 5) is 36.6. The third kappa shape index (κ3) is 4.04. The summed E-state index contributed by atoms with van der Waals surface area (Å²) in [7, 11) is 0. The number of H-pyrrole nitrogens is 1. The zero-order chi connectivity index (χ0) is 21.4. The first-order valence-electron chi connectivity index (χ1n) is 10.8. The van der Waals surface area contributed by atoms with E-state index in [1.807, 2.05) is 35.2 Å². The van der Waals surface area contributed by atoms with Crippen LogP contribution in [0.15, 0.2) is 48.5 Å². The van der Waals surface area contributed by atoms with Crippen LogP contribution in [0.4, 0.5) is 4.39 Å². The topological polar surface area (TPSA) is 69.3 Å². The molecule has 2 aromatic carbocycles. The van der Waals surface area contributed by atoms with Gasteiger partial charge in [0.15, 0.2) is 0 Å². The van der Waals surface area contributed by atoms with Crippen molar-refractivity contribution < 1.29 is 14.0 Å². The second-order valence-corrected chi connectivity index (χ2v) is 8.52. The number of carbonyl (C=O) groups is 2. The molecule has 0 saturated carbocycles. The minimum atomic E-state index is -0.283. The predicted octanol–water partition coefficient (Wildman–Crippen LogP) is 3.42. The molecule has 5 rings (SSSR count). The summed E-state index contributed by atoms with van der Waals surface area (Å²) in [6.07, 6.45) is 2.06. The number of rotatable bonds is 4. The minimum Gasteiger partial charge on any atom is -0.342 e. The fourth-order valence-corrected chi connectivity index (χ4v) is 4.73. The number of nitrogens with zero attached hydrogens (tertiary/aromatic N) is 3. The fourth-order valence-electron chi connectivity index (χ4n) is 4.73.